The maximum atomic E-state index is 10.5. The molecule has 1 aromatic rings. The molecule has 0 aliphatic heterocycles. The van der Waals surface area contributed by atoms with Crippen molar-refractivity contribution in [1.29, 1.82) is 0 Å². The van der Waals surface area contributed by atoms with E-state index < -0.39 is 6.09 Å². The summed E-state index contributed by atoms with van der Waals surface area (Å²) in [5, 5.41) is 8.62. The van der Waals surface area contributed by atoms with Gasteiger partial charge in [0.05, 0.1) is 6.54 Å². The molecular weight excluding hydrogens is 184 g/mol. The molecule has 4 N–H and O–H groups in total. The average Bonchev–Trinajstić information content (AvgIpc) is 2.19. The molecule has 1 amide bonds. The maximum absolute atomic E-state index is 10.5. The first-order valence-corrected chi connectivity index (χ1v) is 3.99. The molecule has 1 heterocycles. The van der Waals surface area contributed by atoms with Crippen molar-refractivity contribution in [2.24, 2.45) is 5.84 Å². The van der Waals surface area contributed by atoms with Gasteiger partial charge in [0.1, 0.15) is 5.82 Å². The number of amides is 1. The van der Waals surface area contributed by atoms with Crippen LogP contribution in [0.4, 0.5) is 10.6 Å². The van der Waals surface area contributed by atoms with Crippen LogP contribution in [-0.2, 0) is 6.54 Å². The molecule has 14 heavy (non-hydrogen) atoms. The van der Waals surface area contributed by atoms with Gasteiger partial charge in [0, 0.05) is 13.2 Å². The van der Waals surface area contributed by atoms with E-state index in [1.165, 1.54) is 11.9 Å². The second-order valence-corrected chi connectivity index (χ2v) is 2.83. The first-order valence-electron chi connectivity index (χ1n) is 3.99. The first-order chi connectivity index (χ1) is 6.63. The summed E-state index contributed by atoms with van der Waals surface area (Å²) in [4.78, 5) is 15.6. The van der Waals surface area contributed by atoms with E-state index in [1.54, 1.807) is 18.3 Å². The van der Waals surface area contributed by atoms with Crippen LogP contribution in [0.2, 0.25) is 0 Å². The Kier molecular flexibility index (Phi) is 3.24. The lowest BCUT2D eigenvalue weighted by atomic mass is 10.3. The van der Waals surface area contributed by atoms with E-state index in [0.717, 1.165) is 5.56 Å². The second kappa shape index (κ2) is 4.43. The molecule has 0 radical (unpaired) electrons. The quantitative estimate of drug-likeness (QED) is 0.483. The molecule has 0 bridgehead atoms. The Morgan fingerprint density at radius 2 is 2.43 bits per heavy atom. The van der Waals surface area contributed by atoms with Gasteiger partial charge in [-0.15, -0.1) is 0 Å². The summed E-state index contributed by atoms with van der Waals surface area (Å²) in [6.45, 7) is 0.313. The minimum Gasteiger partial charge on any atom is -0.465 e. The monoisotopic (exact) mass is 196 g/mol. The van der Waals surface area contributed by atoms with E-state index in [9.17, 15) is 4.79 Å². The topological polar surface area (TPSA) is 91.5 Å². The van der Waals surface area contributed by atoms with Gasteiger partial charge in [-0.3, -0.25) is 0 Å². The number of nitrogens with zero attached hydrogens (tertiary/aromatic N) is 2. The van der Waals surface area contributed by atoms with Crippen LogP contribution < -0.4 is 11.3 Å². The first kappa shape index (κ1) is 10.3. The standard InChI is InChI=1S/C8H12N4O2/c1-12(8(13)14)5-6-2-3-7(11-9)10-4-6/h2-4H,5,9H2,1H3,(H,10,11)(H,13,14). The van der Waals surface area contributed by atoms with E-state index in [-0.39, 0.29) is 0 Å². The Morgan fingerprint density at radius 3 is 2.86 bits per heavy atom. The van der Waals surface area contributed by atoms with Gasteiger partial charge < -0.3 is 15.4 Å². The highest BCUT2D eigenvalue weighted by Gasteiger charge is 2.05. The predicted molar refractivity (Wildman–Crippen MR) is 51.5 cm³/mol. The molecule has 0 aliphatic carbocycles. The van der Waals surface area contributed by atoms with E-state index >= 15 is 0 Å². The zero-order valence-corrected chi connectivity index (χ0v) is 7.77. The SMILES string of the molecule is CN(Cc1ccc(NN)nc1)C(=O)O. The number of anilines is 1. The van der Waals surface area contributed by atoms with Crippen molar-refractivity contribution in [3.05, 3.63) is 23.9 Å². The molecule has 76 valence electrons. The molecule has 0 unspecified atom stereocenters. The molecule has 0 spiro atoms. The van der Waals surface area contributed by atoms with Crippen LogP contribution in [0.15, 0.2) is 18.3 Å². The number of hydrogen-bond acceptors (Lipinski definition) is 4. The zero-order chi connectivity index (χ0) is 10.6. The van der Waals surface area contributed by atoms with Gasteiger partial charge in [0.25, 0.3) is 0 Å². The number of hydrazine groups is 1. The average molecular weight is 196 g/mol. The fourth-order valence-corrected chi connectivity index (χ4v) is 0.945. The van der Waals surface area contributed by atoms with Crippen molar-refractivity contribution < 1.29 is 9.90 Å². The van der Waals surface area contributed by atoms with Crippen molar-refractivity contribution in [3.8, 4) is 0 Å². The van der Waals surface area contributed by atoms with Crippen LogP contribution in [0, 0.1) is 0 Å². The molecule has 1 aromatic heterocycles. The van der Waals surface area contributed by atoms with Crippen LogP contribution in [0.25, 0.3) is 0 Å². The van der Waals surface area contributed by atoms with Crippen LogP contribution in [0.3, 0.4) is 0 Å². The van der Waals surface area contributed by atoms with Crippen LogP contribution in [0.5, 0.6) is 0 Å². The number of carbonyl (C=O) groups is 1. The van der Waals surface area contributed by atoms with Gasteiger partial charge >= 0.3 is 6.09 Å². The van der Waals surface area contributed by atoms with Crippen LogP contribution >= 0.6 is 0 Å². The van der Waals surface area contributed by atoms with Crippen molar-refractivity contribution in [1.82, 2.24) is 9.88 Å². The summed E-state index contributed by atoms with van der Waals surface area (Å²) in [5.41, 5.74) is 3.20. The lowest BCUT2D eigenvalue weighted by Crippen LogP contribution is -2.24. The van der Waals surface area contributed by atoms with E-state index in [1.807, 2.05) is 0 Å². The smallest absolute Gasteiger partial charge is 0.407 e. The highest BCUT2D eigenvalue weighted by Crippen LogP contribution is 2.05. The molecule has 6 nitrogen and oxygen atoms in total. The summed E-state index contributed by atoms with van der Waals surface area (Å²) in [5.74, 6) is 5.68. The number of hydrogen-bond donors (Lipinski definition) is 3. The Morgan fingerprint density at radius 1 is 1.71 bits per heavy atom. The fraction of sp³-hybridized carbons (Fsp3) is 0.250. The number of aromatic nitrogens is 1. The number of nitrogens with two attached hydrogens (primary N) is 1. The van der Waals surface area contributed by atoms with Gasteiger partial charge in [-0.25, -0.2) is 15.6 Å². The van der Waals surface area contributed by atoms with Crippen molar-refractivity contribution >= 4 is 11.9 Å². The molecule has 0 saturated carbocycles. The maximum Gasteiger partial charge on any atom is 0.407 e. The highest BCUT2D eigenvalue weighted by molar-refractivity contribution is 5.64. The van der Waals surface area contributed by atoms with Crippen LogP contribution in [0.1, 0.15) is 5.56 Å². The molecule has 1 rings (SSSR count). The molecular formula is C8H12N4O2. The molecule has 0 fully saturated rings. The van der Waals surface area contributed by atoms with Gasteiger partial charge in [-0.1, -0.05) is 6.07 Å². The summed E-state index contributed by atoms with van der Waals surface area (Å²) < 4.78 is 0. The van der Waals surface area contributed by atoms with Crippen molar-refractivity contribution in [2.75, 3.05) is 12.5 Å². The summed E-state index contributed by atoms with van der Waals surface area (Å²) in [6.07, 6.45) is 0.611. The molecule has 0 saturated heterocycles. The number of pyridine rings is 1. The zero-order valence-electron chi connectivity index (χ0n) is 7.77. The Bertz CT molecular complexity index is 312. The summed E-state index contributed by atoms with van der Waals surface area (Å²) in [7, 11) is 1.50. The van der Waals surface area contributed by atoms with Gasteiger partial charge in [-0.05, 0) is 11.6 Å². The van der Waals surface area contributed by atoms with Crippen molar-refractivity contribution in [2.45, 2.75) is 6.54 Å². The summed E-state index contributed by atoms with van der Waals surface area (Å²) in [6, 6.07) is 3.45. The van der Waals surface area contributed by atoms with E-state index in [2.05, 4.69) is 10.4 Å². The third kappa shape index (κ3) is 2.60. The van der Waals surface area contributed by atoms with Crippen molar-refractivity contribution in [3.63, 3.8) is 0 Å². The van der Waals surface area contributed by atoms with E-state index in [0.29, 0.717) is 12.4 Å². The Labute approximate surface area is 81.3 Å². The Hall–Kier alpha value is -1.82. The lowest BCUT2D eigenvalue weighted by Gasteiger charge is -2.12. The second-order valence-electron chi connectivity index (χ2n) is 2.83. The molecule has 0 aliphatic rings. The molecule has 6 heteroatoms. The third-order valence-electron chi connectivity index (χ3n) is 1.72. The minimum absolute atomic E-state index is 0.313. The minimum atomic E-state index is -0.967. The Balaban J connectivity index is 2.64. The summed E-state index contributed by atoms with van der Waals surface area (Å²) >= 11 is 0. The van der Waals surface area contributed by atoms with Gasteiger partial charge in [-0.2, -0.15) is 0 Å². The van der Waals surface area contributed by atoms with Crippen LogP contribution in [-0.4, -0.2) is 28.1 Å². The largest absolute Gasteiger partial charge is 0.465 e. The number of nitrogens with one attached hydrogen (secondary N) is 1. The molecule has 0 atom stereocenters. The normalized spacial score (nSPS) is 9.57. The number of nitrogen functional groups attached to an aromatic ring is 1. The fourth-order valence-electron chi connectivity index (χ4n) is 0.945. The molecule has 0 aromatic carbocycles. The van der Waals surface area contributed by atoms with E-state index in [4.69, 9.17) is 10.9 Å². The number of carboxylic acid groups (broad SMARTS) is 1. The highest BCUT2D eigenvalue weighted by atomic mass is 16.4. The lowest BCUT2D eigenvalue weighted by molar-refractivity contribution is 0.153. The number of rotatable bonds is 3. The van der Waals surface area contributed by atoms with Gasteiger partial charge in [0.15, 0.2) is 0 Å². The predicted octanol–water partition coefficient (Wildman–Crippen LogP) is 0.477. The van der Waals surface area contributed by atoms with Gasteiger partial charge in [0.2, 0.25) is 0 Å². The third-order valence-corrected chi connectivity index (χ3v) is 1.72.